The van der Waals surface area contributed by atoms with Crippen LogP contribution in [0.3, 0.4) is 0 Å². The number of nitrogens with zero attached hydrogens (tertiary/aromatic N) is 1. The van der Waals surface area contributed by atoms with E-state index in [1.165, 1.54) is 16.4 Å². The highest BCUT2D eigenvalue weighted by Crippen LogP contribution is 2.38. The van der Waals surface area contributed by atoms with E-state index in [1.807, 2.05) is 37.3 Å². The molecule has 182 valence electrons. The standard InChI is InChI=1S/C27H27NO6S/c1-17(2)28(35(31,32)26-12-9-19(4)34-26)24-14-20-7-5-6-8-21(20)15-25(24)33-16-23-11-10-22(27(29)30)13-18(23)3/h5-15,17H,16H2,1-4H3,(H,29,30). The van der Waals surface area contributed by atoms with Crippen molar-refractivity contribution in [2.75, 3.05) is 4.31 Å². The van der Waals surface area contributed by atoms with Gasteiger partial charge in [0.25, 0.3) is 10.0 Å². The minimum atomic E-state index is -4.01. The highest BCUT2D eigenvalue weighted by atomic mass is 32.2. The molecule has 0 saturated carbocycles. The fourth-order valence-electron chi connectivity index (χ4n) is 3.97. The summed E-state index contributed by atoms with van der Waals surface area (Å²) in [6.45, 7) is 7.24. The van der Waals surface area contributed by atoms with E-state index in [0.29, 0.717) is 17.2 Å². The third-order valence-corrected chi connectivity index (χ3v) is 7.60. The number of fused-ring (bicyclic) bond motifs is 1. The largest absolute Gasteiger partial charge is 0.487 e. The molecular weight excluding hydrogens is 466 g/mol. The monoisotopic (exact) mass is 493 g/mol. The maximum atomic E-state index is 13.6. The molecular formula is C27H27NO6S. The first kappa shape index (κ1) is 24.3. The van der Waals surface area contributed by atoms with Gasteiger partial charge in [-0.3, -0.25) is 4.31 Å². The summed E-state index contributed by atoms with van der Waals surface area (Å²) in [5, 5.41) is 10.9. The number of carbonyl (C=O) groups is 1. The summed E-state index contributed by atoms with van der Waals surface area (Å²) in [6, 6.07) is 18.7. The molecule has 0 aliphatic heterocycles. The topological polar surface area (TPSA) is 97.0 Å². The molecule has 7 nitrogen and oxygen atoms in total. The van der Waals surface area contributed by atoms with Crippen molar-refractivity contribution in [3.8, 4) is 5.75 Å². The lowest BCUT2D eigenvalue weighted by Gasteiger charge is -2.29. The number of ether oxygens (including phenoxy) is 1. The van der Waals surface area contributed by atoms with Gasteiger partial charge in [0.05, 0.1) is 11.3 Å². The summed E-state index contributed by atoms with van der Waals surface area (Å²) in [4.78, 5) is 11.3. The second kappa shape index (κ2) is 9.46. The Morgan fingerprint density at radius 3 is 2.26 bits per heavy atom. The molecule has 4 rings (SSSR count). The second-order valence-electron chi connectivity index (χ2n) is 8.66. The van der Waals surface area contributed by atoms with Crippen molar-refractivity contribution in [2.24, 2.45) is 0 Å². The molecule has 0 amide bonds. The number of aryl methyl sites for hydroxylation is 2. The fraction of sp³-hybridized carbons (Fsp3) is 0.222. The summed E-state index contributed by atoms with van der Waals surface area (Å²) in [7, 11) is -4.01. The molecule has 3 aromatic carbocycles. The Morgan fingerprint density at radius 2 is 1.69 bits per heavy atom. The van der Waals surface area contributed by atoms with Crippen LogP contribution in [0.15, 0.2) is 76.2 Å². The number of rotatable bonds is 8. The lowest BCUT2D eigenvalue weighted by atomic mass is 10.1. The predicted octanol–water partition coefficient (Wildman–Crippen LogP) is 5.93. The Hall–Kier alpha value is -3.78. The number of benzene rings is 3. The van der Waals surface area contributed by atoms with Gasteiger partial charge in [0.1, 0.15) is 18.1 Å². The molecule has 1 heterocycles. The highest BCUT2D eigenvalue weighted by molar-refractivity contribution is 7.92. The molecule has 0 atom stereocenters. The van der Waals surface area contributed by atoms with Gasteiger partial charge in [-0.1, -0.05) is 30.3 Å². The van der Waals surface area contributed by atoms with Crippen LogP contribution in [0.25, 0.3) is 10.8 Å². The number of carboxylic acids is 1. The van der Waals surface area contributed by atoms with Gasteiger partial charge in [-0.05, 0) is 86.0 Å². The van der Waals surface area contributed by atoms with Gasteiger partial charge in [0.2, 0.25) is 5.09 Å². The molecule has 0 aliphatic rings. The van der Waals surface area contributed by atoms with Crippen LogP contribution in [0.1, 0.15) is 41.1 Å². The van der Waals surface area contributed by atoms with Crippen molar-refractivity contribution < 1.29 is 27.5 Å². The molecule has 0 bridgehead atoms. The summed E-state index contributed by atoms with van der Waals surface area (Å²) >= 11 is 0. The fourth-order valence-corrected chi connectivity index (χ4v) is 5.60. The average Bonchev–Trinajstić information content (AvgIpc) is 3.25. The number of hydrogen-bond donors (Lipinski definition) is 1. The van der Waals surface area contributed by atoms with Crippen molar-refractivity contribution >= 4 is 32.5 Å². The van der Waals surface area contributed by atoms with Crippen LogP contribution in [0, 0.1) is 13.8 Å². The van der Waals surface area contributed by atoms with Crippen molar-refractivity contribution in [1.29, 1.82) is 0 Å². The Balaban J connectivity index is 1.80. The Bertz CT molecular complexity index is 1500. The molecule has 1 aromatic heterocycles. The van der Waals surface area contributed by atoms with E-state index in [2.05, 4.69) is 0 Å². The zero-order chi connectivity index (χ0) is 25.3. The van der Waals surface area contributed by atoms with Gasteiger partial charge in [-0.25, -0.2) is 4.79 Å². The quantitative estimate of drug-likeness (QED) is 0.327. The van der Waals surface area contributed by atoms with Crippen molar-refractivity contribution in [2.45, 2.75) is 45.4 Å². The molecule has 0 unspecified atom stereocenters. The van der Waals surface area contributed by atoms with Gasteiger partial charge >= 0.3 is 5.97 Å². The second-order valence-corrected chi connectivity index (χ2v) is 10.4. The number of anilines is 1. The van der Waals surface area contributed by atoms with Gasteiger partial charge in [0, 0.05) is 6.04 Å². The van der Waals surface area contributed by atoms with E-state index in [9.17, 15) is 18.3 Å². The number of hydrogen-bond acceptors (Lipinski definition) is 5. The van der Waals surface area contributed by atoms with Crippen LogP contribution in [-0.2, 0) is 16.6 Å². The summed E-state index contributed by atoms with van der Waals surface area (Å²) in [6.07, 6.45) is 0. The van der Waals surface area contributed by atoms with E-state index >= 15 is 0 Å². The van der Waals surface area contributed by atoms with E-state index < -0.39 is 22.0 Å². The zero-order valence-electron chi connectivity index (χ0n) is 20.0. The van der Waals surface area contributed by atoms with Crippen LogP contribution in [0.2, 0.25) is 0 Å². The summed E-state index contributed by atoms with van der Waals surface area (Å²) < 4.78 is 40.2. The van der Waals surface area contributed by atoms with Crippen molar-refractivity contribution in [3.05, 3.63) is 89.2 Å². The minimum Gasteiger partial charge on any atom is -0.487 e. The van der Waals surface area contributed by atoms with Gasteiger partial charge in [0.15, 0.2) is 0 Å². The Labute approximate surface area is 204 Å². The smallest absolute Gasteiger partial charge is 0.335 e. The number of carboxylic acid groups (broad SMARTS) is 1. The molecule has 4 aromatic rings. The van der Waals surface area contributed by atoms with E-state index in [4.69, 9.17) is 9.15 Å². The number of aromatic carboxylic acids is 1. The van der Waals surface area contributed by atoms with Crippen LogP contribution in [0.4, 0.5) is 5.69 Å². The molecule has 0 fully saturated rings. The number of sulfonamides is 1. The third-order valence-electron chi connectivity index (χ3n) is 5.74. The van der Waals surface area contributed by atoms with Crippen LogP contribution < -0.4 is 9.04 Å². The van der Waals surface area contributed by atoms with Gasteiger partial charge < -0.3 is 14.3 Å². The highest BCUT2D eigenvalue weighted by Gasteiger charge is 2.32. The van der Waals surface area contributed by atoms with Crippen molar-refractivity contribution in [1.82, 2.24) is 0 Å². The maximum Gasteiger partial charge on any atom is 0.335 e. The van der Waals surface area contributed by atoms with E-state index in [1.54, 1.807) is 45.0 Å². The van der Waals surface area contributed by atoms with Crippen LogP contribution in [-0.4, -0.2) is 25.5 Å². The zero-order valence-corrected chi connectivity index (χ0v) is 20.8. The molecule has 0 spiro atoms. The van der Waals surface area contributed by atoms with Gasteiger partial charge in [-0.2, -0.15) is 8.42 Å². The molecule has 0 radical (unpaired) electrons. The molecule has 8 heteroatoms. The molecule has 0 aliphatic carbocycles. The summed E-state index contributed by atoms with van der Waals surface area (Å²) in [5.74, 6) is -0.100. The Morgan fingerprint density at radius 1 is 1.00 bits per heavy atom. The molecule has 35 heavy (non-hydrogen) atoms. The van der Waals surface area contributed by atoms with Crippen molar-refractivity contribution in [3.63, 3.8) is 0 Å². The third kappa shape index (κ3) is 4.88. The maximum absolute atomic E-state index is 13.6. The number of furan rings is 1. The Kier molecular flexibility index (Phi) is 6.58. The SMILES string of the molecule is Cc1ccc(S(=O)(=O)N(c2cc3ccccc3cc2OCc2ccc(C(=O)O)cc2C)C(C)C)o1. The lowest BCUT2D eigenvalue weighted by molar-refractivity contribution is 0.0696. The molecule has 1 N–H and O–H groups in total. The lowest BCUT2D eigenvalue weighted by Crippen LogP contribution is -2.37. The van der Waals surface area contributed by atoms with Gasteiger partial charge in [-0.15, -0.1) is 0 Å². The summed E-state index contributed by atoms with van der Waals surface area (Å²) in [5.41, 5.74) is 2.16. The first-order valence-electron chi connectivity index (χ1n) is 11.2. The normalized spacial score (nSPS) is 11.7. The van der Waals surface area contributed by atoms with Crippen LogP contribution >= 0.6 is 0 Å². The van der Waals surface area contributed by atoms with E-state index in [0.717, 1.165) is 21.9 Å². The minimum absolute atomic E-state index is 0.136. The first-order chi connectivity index (χ1) is 16.6. The molecule has 0 saturated heterocycles. The predicted molar refractivity (Wildman–Crippen MR) is 135 cm³/mol. The first-order valence-corrected chi connectivity index (χ1v) is 12.6. The van der Waals surface area contributed by atoms with E-state index in [-0.39, 0.29) is 17.3 Å². The average molecular weight is 494 g/mol. The van der Waals surface area contributed by atoms with Crippen LogP contribution in [0.5, 0.6) is 5.75 Å².